The van der Waals surface area contributed by atoms with E-state index in [0.29, 0.717) is 11.7 Å². The van der Waals surface area contributed by atoms with Gasteiger partial charge in [0.15, 0.2) is 0 Å². The highest BCUT2D eigenvalue weighted by Gasteiger charge is 2.21. The molecule has 1 fully saturated rings. The monoisotopic (exact) mass is 235 g/mol. The SMILES string of the molecule is CC(C)Sc1ccc(C2CCC(=O)N2)cc1. The van der Waals surface area contributed by atoms with Crippen LogP contribution in [0.1, 0.15) is 38.3 Å². The molecule has 1 amide bonds. The van der Waals surface area contributed by atoms with Gasteiger partial charge in [-0.25, -0.2) is 0 Å². The molecule has 0 saturated carbocycles. The molecular formula is C13H17NOS. The fourth-order valence-electron chi connectivity index (χ4n) is 1.91. The van der Waals surface area contributed by atoms with E-state index in [1.807, 2.05) is 11.8 Å². The van der Waals surface area contributed by atoms with E-state index in [-0.39, 0.29) is 11.9 Å². The Balaban J connectivity index is 2.04. The van der Waals surface area contributed by atoms with Gasteiger partial charge in [-0.15, -0.1) is 11.8 Å². The third-order valence-corrected chi connectivity index (χ3v) is 3.67. The number of carbonyl (C=O) groups excluding carboxylic acids is 1. The topological polar surface area (TPSA) is 29.1 Å². The minimum atomic E-state index is 0.172. The second kappa shape index (κ2) is 4.91. The predicted molar refractivity (Wildman–Crippen MR) is 67.6 cm³/mol. The average molecular weight is 235 g/mol. The van der Waals surface area contributed by atoms with Gasteiger partial charge in [0.1, 0.15) is 0 Å². The predicted octanol–water partition coefficient (Wildman–Crippen LogP) is 3.14. The van der Waals surface area contributed by atoms with Gasteiger partial charge in [0.05, 0.1) is 6.04 Å². The molecule has 1 saturated heterocycles. The highest BCUT2D eigenvalue weighted by Crippen LogP contribution is 2.27. The Morgan fingerprint density at radius 1 is 1.31 bits per heavy atom. The van der Waals surface area contributed by atoms with Crippen molar-refractivity contribution in [1.82, 2.24) is 5.32 Å². The van der Waals surface area contributed by atoms with Crippen molar-refractivity contribution in [1.29, 1.82) is 0 Å². The molecule has 1 aromatic carbocycles. The van der Waals surface area contributed by atoms with Gasteiger partial charge in [-0.05, 0) is 24.1 Å². The van der Waals surface area contributed by atoms with Crippen LogP contribution < -0.4 is 5.32 Å². The third kappa shape index (κ3) is 2.79. The van der Waals surface area contributed by atoms with E-state index >= 15 is 0 Å². The van der Waals surface area contributed by atoms with Crippen molar-refractivity contribution >= 4 is 17.7 Å². The number of hydrogen-bond acceptors (Lipinski definition) is 2. The molecule has 1 atom stereocenters. The van der Waals surface area contributed by atoms with Gasteiger partial charge in [0.25, 0.3) is 0 Å². The molecule has 16 heavy (non-hydrogen) atoms. The molecule has 3 heteroatoms. The highest BCUT2D eigenvalue weighted by atomic mass is 32.2. The largest absolute Gasteiger partial charge is 0.349 e. The Labute approximate surface area is 101 Å². The van der Waals surface area contributed by atoms with E-state index in [9.17, 15) is 4.79 Å². The maximum atomic E-state index is 11.1. The van der Waals surface area contributed by atoms with Gasteiger partial charge in [0, 0.05) is 16.6 Å². The molecule has 0 aliphatic carbocycles. The molecule has 2 nitrogen and oxygen atoms in total. The lowest BCUT2D eigenvalue weighted by molar-refractivity contribution is -0.119. The smallest absolute Gasteiger partial charge is 0.220 e. The summed E-state index contributed by atoms with van der Waals surface area (Å²) in [6.45, 7) is 4.38. The minimum absolute atomic E-state index is 0.172. The zero-order valence-corrected chi connectivity index (χ0v) is 10.5. The Hall–Kier alpha value is -0.960. The van der Waals surface area contributed by atoms with Crippen LogP contribution >= 0.6 is 11.8 Å². The normalized spacial score (nSPS) is 20.2. The first kappa shape index (κ1) is 11.5. The molecule has 0 bridgehead atoms. The second-order valence-corrected chi connectivity index (χ2v) is 6.04. The summed E-state index contributed by atoms with van der Waals surface area (Å²) in [5.41, 5.74) is 1.22. The molecule has 1 N–H and O–H groups in total. The molecular weight excluding hydrogens is 218 g/mol. The lowest BCUT2D eigenvalue weighted by Crippen LogP contribution is -2.18. The minimum Gasteiger partial charge on any atom is -0.349 e. The van der Waals surface area contributed by atoms with Crippen molar-refractivity contribution in [3.63, 3.8) is 0 Å². The van der Waals surface area contributed by atoms with Crippen LogP contribution in [0.5, 0.6) is 0 Å². The maximum absolute atomic E-state index is 11.1. The number of hydrogen-bond donors (Lipinski definition) is 1. The molecule has 1 aliphatic heterocycles. The first-order chi connectivity index (χ1) is 7.65. The lowest BCUT2D eigenvalue weighted by Gasteiger charge is -2.11. The highest BCUT2D eigenvalue weighted by molar-refractivity contribution is 7.99. The van der Waals surface area contributed by atoms with E-state index in [1.165, 1.54) is 10.5 Å². The molecule has 1 heterocycles. The standard InChI is InChI=1S/C13H17NOS/c1-9(2)16-11-5-3-10(4-6-11)12-7-8-13(15)14-12/h3-6,9,12H,7-8H2,1-2H3,(H,14,15). The van der Waals surface area contributed by atoms with Crippen LogP contribution in [-0.4, -0.2) is 11.2 Å². The van der Waals surface area contributed by atoms with Crippen molar-refractivity contribution in [2.75, 3.05) is 0 Å². The van der Waals surface area contributed by atoms with Crippen molar-refractivity contribution < 1.29 is 4.79 Å². The number of carbonyl (C=O) groups is 1. The summed E-state index contributed by atoms with van der Waals surface area (Å²) in [4.78, 5) is 12.4. The summed E-state index contributed by atoms with van der Waals surface area (Å²) >= 11 is 1.86. The quantitative estimate of drug-likeness (QED) is 0.815. The van der Waals surface area contributed by atoms with E-state index in [2.05, 4.69) is 43.4 Å². The van der Waals surface area contributed by atoms with Crippen molar-refractivity contribution in [2.24, 2.45) is 0 Å². The van der Waals surface area contributed by atoms with E-state index < -0.39 is 0 Å². The first-order valence-electron chi connectivity index (χ1n) is 5.71. The molecule has 1 aromatic rings. The van der Waals surface area contributed by atoms with Gasteiger partial charge in [0.2, 0.25) is 5.91 Å². The lowest BCUT2D eigenvalue weighted by atomic mass is 10.1. The third-order valence-electron chi connectivity index (χ3n) is 2.65. The first-order valence-corrected chi connectivity index (χ1v) is 6.59. The summed E-state index contributed by atoms with van der Waals surface area (Å²) in [5.74, 6) is 0.172. The van der Waals surface area contributed by atoms with Crippen LogP contribution in [0.4, 0.5) is 0 Å². The van der Waals surface area contributed by atoms with Crippen molar-refractivity contribution in [3.8, 4) is 0 Å². The second-order valence-electron chi connectivity index (χ2n) is 4.39. The van der Waals surface area contributed by atoms with Crippen LogP contribution in [0.2, 0.25) is 0 Å². The average Bonchev–Trinajstić information content (AvgIpc) is 2.65. The molecule has 86 valence electrons. The number of benzene rings is 1. The summed E-state index contributed by atoms with van der Waals surface area (Å²) in [6, 6.07) is 8.77. The Morgan fingerprint density at radius 3 is 2.50 bits per heavy atom. The van der Waals surface area contributed by atoms with Gasteiger partial charge in [-0.1, -0.05) is 26.0 Å². The molecule has 0 radical (unpaired) electrons. The molecule has 1 unspecified atom stereocenters. The number of amides is 1. The molecule has 2 rings (SSSR count). The summed E-state index contributed by atoms with van der Waals surface area (Å²) in [6.07, 6.45) is 1.59. The van der Waals surface area contributed by atoms with Crippen LogP contribution in [0, 0.1) is 0 Å². The van der Waals surface area contributed by atoms with Gasteiger partial charge in [-0.2, -0.15) is 0 Å². The van der Waals surface area contributed by atoms with Crippen molar-refractivity contribution in [3.05, 3.63) is 29.8 Å². The Kier molecular flexibility index (Phi) is 3.54. The zero-order valence-electron chi connectivity index (χ0n) is 9.69. The summed E-state index contributed by atoms with van der Waals surface area (Å²) < 4.78 is 0. The summed E-state index contributed by atoms with van der Waals surface area (Å²) in [7, 11) is 0. The Bertz CT molecular complexity index is 372. The maximum Gasteiger partial charge on any atom is 0.220 e. The Morgan fingerprint density at radius 2 is 2.00 bits per heavy atom. The summed E-state index contributed by atoms with van der Waals surface area (Å²) in [5, 5.41) is 3.59. The number of rotatable bonds is 3. The fraction of sp³-hybridized carbons (Fsp3) is 0.462. The van der Waals surface area contributed by atoms with Gasteiger partial charge >= 0.3 is 0 Å². The van der Waals surface area contributed by atoms with Crippen molar-refractivity contribution in [2.45, 2.75) is 42.9 Å². The molecule has 0 spiro atoms. The van der Waals surface area contributed by atoms with E-state index in [4.69, 9.17) is 0 Å². The zero-order chi connectivity index (χ0) is 11.5. The van der Waals surface area contributed by atoms with Gasteiger partial charge in [-0.3, -0.25) is 4.79 Å². The van der Waals surface area contributed by atoms with Gasteiger partial charge < -0.3 is 5.32 Å². The van der Waals surface area contributed by atoms with E-state index in [0.717, 1.165) is 6.42 Å². The van der Waals surface area contributed by atoms with Crippen LogP contribution in [0.3, 0.4) is 0 Å². The van der Waals surface area contributed by atoms with Crippen LogP contribution in [0.25, 0.3) is 0 Å². The van der Waals surface area contributed by atoms with Crippen LogP contribution in [0.15, 0.2) is 29.2 Å². The molecule has 0 aromatic heterocycles. The number of thioether (sulfide) groups is 1. The van der Waals surface area contributed by atoms with E-state index in [1.54, 1.807) is 0 Å². The fourth-order valence-corrected chi connectivity index (χ4v) is 2.75. The number of nitrogens with one attached hydrogen (secondary N) is 1. The molecule has 1 aliphatic rings. The van der Waals surface area contributed by atoms with Crippen LogP contribution in [-0.2, 0) is 4.79 Å².